The fourth-order valence-electron chi connectivity index (χ4n) is 0.570. The molecule has 0 aliphatic heterocycles. The van der Waals surface area contributed by atoms with E-state index in [1.165, 1.54) is 6.21 Å². The van der Waals surface area contributed by atoms with Gasteiger partial charge in [-0.1, -0.05) is 0 Å². The van der Waals surface area contributed by atoms with Gasteiger partial charge in [0.1, 0.15) is 5.67 Å². The Hall–Kier alpha value is -0.640. The smallest absolute Gasteiger partial charge is 0.147 e. The first-order chi connectivity index (χ1) is 5.16. The third-order valence-electron chi connectivity index (χ3n) is 1.59. The quantitative estimate of drug-likeness (QED) is 0.463. The zero-order valence-corrected chi connectivity index (χ0v) is 6.55. The van der Waals surface area contributed by atoms with Crippen LogP contribution in [-0.2, 0) is 0 Å². The third kappa shape index (κ3) is 2.84. The first-order valence-corrected chi connectivity index (χ1v) is 3.76. The number of halogens is 1. The van der Waals surface area contributed by atoms with E-state index in [0.29, 0.717) is 12.8 Å². The van der Waals surface area contributed by atoms with Gasteiger partial charge in [0.2, 0.25) is 0 Å². The molecular formula is C7H13FN2O. The van der Waals surface area contributed by atoms with E-state index in [0.717, 1.165) is 0 Å². The van der Waals surface area contributed by atoms with Crippen LogP contribution in [0.3, 0.4) is 0 Å². The van der Waals surface area contributed by atoms with Crippen molar-refractivity contribution in [3.05, 3.63) is 0 Å². The number of aliphatic hydroxyl groups excluding tert-OH is 1. The van der Waals surface area contributed by atoms with Crippen LogP contribution in [-0.4, -0.2) is 29.6 Å². The van der Waals surface area contributed by atoms with Crippen LogP contribution in [0.5, 0.6) is 0 Å². The Bertz CT molecular complexity index is 157. The number of hydrazone groups is 1. The number of rotatable bonds is 4. The minimum Gasteiger partial charge on any atom is -0.394 e. The maximum Gasteiger partial charge on any atom is 0.147 e. The average Bonchev–Trinajstić information content (AvgIpc) is 2.68. The number of alkyl halides is 1. The Morgan fingerprint density at radius 1 is 1.82 bits per heavy atom. The summed E-state index contributed by atoms with van der Waals surface area (Å²) in [5.74, 6) is 0. The molecule has 11 heavy (non-hydrogen) atoms. The molecule has 4 heteroatoms. The van der Waals surface area contributed by atoms with Gasteiger partial charge in [0.15, 0.2) is 0 Å². The summed E-state index contributed by atoms with van der Waals surface area (Å²) in [6.07, 6.45) is 2.43. The Morgan fingerprint density at radius 2 is 2.45 bits per heavy atom. The molecule has 1 unspecified atom stereocenters. The molecule has 2 N–H and O–H groups in total. The predicted octanol–water partition coefficient (Wildman–Crippen LogP) is 0.445. The van der Waals surface area contributed by atoms with E-state index >= 15 is 0 Å². The highest BCUT2D eigenvalue weighted by atomic mass is 19.1. The molecule has 1 saturated carbocycles. The zero-order chi connectivity index (χ0) is 8.32. The number of hydrogen-bond donors (Lipinski definition) is 2. The highest BCUT2D eigenvalue weighted by Gasteiger charge is 2.41. The van der Waals surface area contributed by atoms with Crippen molar-refractivity contribution in [2.24, 2.45) is 5.10 Å². The van der Waals surface area contributed by atoms with Crippen LogP contribution in [0.4, 0.5) is 4.39 Å². The average molecular weight is 160 g/mol. The van der Waals surface area contributed by atoms with Crippen LogP contribution in [0.25, 0.3) is 0 Å². The van der Waals surface area contributed by atoms with Crippen LogP contribution in [0.1, 0.15) is 19.8 Å². The molecule has 0 aromatic heterocycles. The lowest BCUT2D eigenvalue weighted by Crippen LogP contribution is -2.25. The second-order valence-corrected chi connectivity index (χ2v) is 3.01. The first kappa shape index (κ1) is 8.46. The van der Waals surface area contributed by atoms with Crippen molar-refractivity contribution < 1.29 is 9.50 Å². The topological polar surface area (TPSA) is 44.6 Å². The standard InChI is InChI=1S/C7H13FN2O/c1-6(4-11)10-9-5-7(8)2-3-7/h5-6,10-11H,2-4H2,1H3/b9-5+. The summed E-state index contributed by atoms with van der Waals surface area (Å²) in [6, 6.07) is -0.103. The van der Waals surface area contributed by atoms with Gasteiger partial charge in [-0.25, -0.2) is 4.39 Å². The van der Waals surface area contributed by atoms with E-state index < -0.39 is 5.67 Å². The summed E-state index contributed by atoms with van der Waals surface area (Å²) >= 11 is 0. The fourth-order valence-corrected chi connectivity index (χ4v) is 0.570. The van der Waals surface area contributed by atoms with Gasteiger partial charge < -0.3 is 10.5 Å². The van der Waals surface area contributed by atoms with Crippen LogP contribution >= 0.6 is 0 Å². The van der Waals surface area contributed by atoms with Gasteiger partial charge in [0, 0.05) is 0 Å². The first-order valence-electron chi connectivity index (χ1n) is 3.76. The molecule has 1 aliphatic rings. The minimum atomic E-state index is -1.15. The van der Waals surface area contributed by atoms with Gasteiger partial charge in [-0.15, -0.1) is 0 Å². The van der Waals surface area contributed by atoms with Crippen LogP contribution in [0.15, 0.2) is 5.10 Å². The predicted molar refractivity (Wildman–Crippen MR) is 41.2 cm³/mol. The summed E-state index contributed by atoms with van der Waals surface area (Å²) in [5, 5.41) is 12.2. The summed E-state index contributed by atoms with van der Waals surface area (Å²) in [6.45, 7) is 1.78. The molecule has 0 amide bonds. The Morgan fingerprint density at radius 3 is 2.91 bits per heavy atom. The molecule has 0 spiro atoms. The molecule has 64 valence electrons. The highest BCUT2D eigenvalue weighted by Crippen LogP contribution is 2.37. The van der Waals surface area contributed by atoms with Crippen molar-refractivity contribution in [1.82, 2.24) is 5.43 Å². The molecule has 0 aromatic carbocycles. The molecular weight excluding hydrogens is 147 g/mol. The van der Waals surface area contributed by atoms with Crippen LogP contribution < -0.4 is 5.43 Å². The zero-order valence-electron chi connectivity index (χ0n) is 6.55. The van der Waals surface area contributed by atoms with Gasteiger partial charge in [-0.2, -0.15) is 5.10 Å². The maximum atomic E-state index is 12.8. The Kier molecular flexibility index (Phi) is 2.44. The van der Waals surface area contributed by atoms with E-state index in [2.05, 4.69) is 10.5 Å². The lowest BCUT2D eigenvalue weighted by molar-refractivity contribution is 0.253. The SMILES string of the molecule is CC(CO)N/N=C/C1(F)CC1. The second-order valence-electron chi connectivity index (χ2n) is 3.01. The molecule has 0 radical (unpaired) electrons. The summed E-state index contributed by atoms with van der Waals surface area (Å²) in [5.41, 5.74) is 1.46. The number of hydrogen-bond acceptors (Lipinski definition) is 3. The van der Waals surface area contributed by atoms with E-state index in [1.54, 1.807) is 6.92 Å². The maximum absolute atomic E-state index is 12.8. The number of nitrogens with one attached hydrogen (secondary N) is 1. The van der Waals surface area contributed by atoms with Gasteiger partial charge in [-0.05, 0) is 19.8 Å². The van der Waals surface area contributed by atoms with Gasteiger partial charge in [0.25, 0.3) is 0 Å². The van der Waals surface area contributed by atoms with Crippen molar-refractivity contribution in [3.63, 3.8) is 0 Å². The Labute approximate surface area is 65.3 Å². The van der Waals surface area contributed by atoms with Crippen molar-refractivity contribution in [2.75, 3.05) is 6.61 Å². The normalized spacial score (nSPS) is 23.5. The van der Waals surface area contributed by atoms with Gasteiger partial charge in [0.05, 0.1) is 18.9 Å². The molecule has 3 nitrogen and oxygen atoms in total. The highest BCUT2D eigenvalue weighted by molar-refractivity contribution is 5.71. The molecule has 0 aromatic rings. The van der Waals surface area contributed by atoms with Crippen molar-refractivity contribution in [3.8, 4) is 0 Å². The van der Waals surface area contributed by atoms with E-state index in [9.17, 15) is 4.39 Å². The van der Waals surface area contributed by atoms with Crippen LogP contribution in [0, 0.1) is 0 Å². The van der Waals surface area contributed by atoms with E-state index in [-0.39, 0.29) is 12.6 Å². The van der Waals surface area contributed by atoms with Gasteiger partial charge >= 0.3 is 0 Å². The molecule has 0 saturated heterocycles. The summed E-state index contributed by atoms with van der Waals surface area (Å²) in [4.78, 5) is 0. The largest absolute Gasteiger partial charge is 0.394 e. The summed E-state index contributed by atoms with van der Waals surface area (Å²) in [7, 11) is 0. The van der Waals surface area contributed by atoms with Gasteiger partial charge in [-0.3, -0.25) is 0 Å². The molecule has 1 fully saturated rings. The van der Waals surface area contributed by atoms with Crippen molar-refractivity contribution in [1.29, 1.82) is 0 Å². The molecule has 1 aliphatic carbocycles. The fraction of sp³-hybridized carbons (Fsp3) is 0.857. The third-order valence-corrected chi connectivity index (χ3v) is 1.59. The molecule has 0 heterocycles. The van der Waals surface area contributed by atoms with Crippen LogP contribution in [0.2, 0.25) is 0 Å². The second kappa shape index (κ2) is 3.17. The minimum absolute atomic E-state index is 0.0105. The van der Waals surface area contributed by atoms with E-state index in [1.807, 2.05) is 0 Å². The van der Waals surface area contributed by atoms with E-state index in [4.69, 9.17) is 5.11 Å². The number of aliphatic hydroxyl groups is 1. The summed E-state index contributed by atoms with van der Waals surface area (Å²) < 4.78 is 12.8. The molecule has 0 bridgehead atoms. The van der Waals surface area contributed by atoms with Crippen molar-refractivity contribution in [2.45, 2.75) is 31.5 Å². The molecule has 1 atom stereocenters. The lowest BCUT2D eigenvalue weighted by Gasteiger charge is -2.05. The molecule has 1 rings (SSSR count). The Balaban J connectivity index is 2.15. The monoisotopic (exact) mass is 160 g/mol. The van der Waals surface area contributed by atoms with Crippen molar-refractivity contribution >= 4 is 6.21 Å². The number of nitrogens with zero attached hydrogens (tertiary/aromatic N) is 1. The lowest BCUT2D eigenvalue weighted by atomic mass is 10.4.